The third-order valence-electron chi connectivity index (χ3n) is 3.03. The molecule has 0 spiro atoms. The van der Waals surface area contributed by atoms with Gasteiger partial charge in [0.25, 0.3) is 5.91 Å². The van der Waals surface area contributed by atoms with Gasteiger partial charge in [0.1, 0.15) is 12.4 Å². The first kappa shape index (κ1) is 15.4. The third-order valence-corrected chi connectivity index (χ3v) is 3.72. The first-order valence-electron chi connectivity index (χ1n) is 6.56. The molecule has 0 unspecified atom stereocenters. The molecule has 4 nitrogen and oxygen atoms in total. The van der Waals surface area contributed by atoms with Crippen molar-refractivity contribution in [2.24, 2.45) is 0 Å². The number of nitrogens with zero attached hydrogens (tertiary/aromatic N) is 1. The van der Waals surface area contributed by atoms with E-state index >= 15 is 0 Å². The fourth-order valence-corrected chi connectivity index (χ4v) is 2.18. The maximum Gasteiger partial charge on any atom is 0.253 e. The van der Waals surface area contributed by atoms with E-state index in [-0.39, 0.29) is 5.91 Å². The molecule has 2 aromatic rings. The molecule has 0 radical (unpaired) electrons. The maximum absolute atomic E-state index is 12.3. The normalized spacial score (nSPS) is 10.2. The highest BCUT2D eigenvalue weighted by atomic mass is 79.9. The Morgan fingerprint density at radius 3 is 2.62 bits per heavy atom. The largest absolute Gasteiger partial charge is 0.492 e. The van der Waals surface area contributed by atoms with E-state index in [0.717, 1.165) is 10.2 Å². The highest BCUT2D eigenvalue weighted by Gasteiger charge is 2.12. The van der Waals surface area contributed by atoms with E-state index in [1.54, 1.807) is 30.1 Å². The molecule has 0 fully saturated rings. The number of ether oxygens (including phenoxy) is 1. The summed E-state index contributed by atoms with van der Waals surface area (Å²) >= 11 is 3.33. The molecule has 0 atom stereocenters. The van der Waals surface area contributed by atoms with Crippen molar-refractivity contribution < 1.29 is 9.53 Å². The van der Waals surface area contributed by atoms with Gasteiger partial charge < -0.3 is 15.4 Å². The average Bonchev–Trinajstić information content (AvgIpc) is 2.50. The van der Waals surface area contributed by atoms with Crippen molar-refractivity contribution in [2.45, 2.75) is 0 Å². The number of rotatable bonds is 5. The van der Waals surface area contributed by atoms with E-state index in [2.05, 4.69) is 15.9 Å². The van der Waals surface area contributed by atoms with Gasteiger partial charge in [0, 0.05) is 22.8 Å². The smallest absolute Gasteiger partial charge is 0.253 e. The van der Waals surface area contributed by atoms with E-state index in [1.807, 2.05) is 30.3 Å². The van der Waals surface area contributed by atoms with Crippen LogP contribution in [0.1, 0.15) is 10.4 Å². The van der Waals surface area contributed by atoms with Crippen LogP contribution in [-0.2, 0) is 0 Å². The van der Waals surface area contributed by atoms with Gasteiger partial charge in [-0.05, 0) is 46.3 Å². The Hall–Kier alpha value is -2.01. The van der Waals surface area contributed by atoms with Crippen LogP contribution in [0.25, 0.3) is 0 Å². The number of halogens is 1. The van der Waals surface area contributed by atoms with Crippen LogP contribution in [0.2, 0.25) is 0 Å². The van der Waals surface area contributed by atoms with Gasteiger partial charge >= 0.3 is 0 Å². The molecule has 0 saturated heterocycles. The van der Waals surface area contributed by atoms with Crippen LogP contribution in [-0.4, -0.2) is 31.0 Å². The van der Waals surface area contributed by atoms with Gasteiger partial charge in [0.05, 0.1) is 6.54 Å². The molecule has 2 rings (SSSR count). The molecule has 0 aliphatic carbocycles. The molecule has 21 heavy (non-hydrogen) atoms. The summed E-state index contributed by atoms with van der Waals surface area (Å²) in [7, 11) is 1.75. The van der Waals surface area contributed by atoms with Crippen LogP contribution < -0.4 is 10.5 Å². The van der Waals surface area contributed by atoms with Gasteiger partial charge in [0.15, 0.2) is 0 Å². The zero-order valence-corrected chi connectivity index (χ0v) is 13.3. The van der Waals surface area contributed by atoms with Gasteiger partial charge in [-0.15, -0.1) is 0 Å². The van der Waals surface area contributed by atoms with E-state index < -0.39 is 0 Å². The number of nitrogen functional groups attached to an aromatic ring is 1. The zero-order valence-electron chi connectivity index (χ0n) is 11.8. The molecule has 0 saturated carbocycles. The lowest BCUT2D eigenvalue weighted by molar-refractivity contribution is 0.0773. The van der Waals surface area contributed by atoms with E-state index in [1.165, 1.54) is 0 Å². The summed E-state index contributed by atoms with van der Waals surface area (Å²) in [6.07, 6.45) is 0. The van der Waals surface area contributed by atoms with E-state index in [4.69, 9.17) is 10.5 Å². The lowest BCUT2D eigenvalue weighted by atomic mass is 10.2. The summed E-state index contributed by atoms with van der Waals surface area (Å²) in [6, 6.07) is 14.7. The molecule has 2 N–H and O–H groups in total. The Balaban J connectivity index is 1.89. The summed E-state index contributed by atoms with van der Waals surface area (Å²) in [4.78, 5) is 13.9. The maximum atomic E-state index is 12.3. The number of hydrogen-bond donors (Lipinski definition) is 1. The summed E-state index contributed by atoms with van der Waals surface area (Å²) in [5.41, 5.74) is 6.93. The molecule has 1 amide bonds. The van der Waals surface area contributed by atoms with Crippen molar-refractivity contribution in [1.82, 2.24) is 4.90 Å². The standard InChI is InChI=1S/C16H17BrN2O2/c1-19(9-10-21-13-5-3-2-4-6-13)16(20)12-7-8-15(18)14(17)11-12/h2-8,11H,9-10,18H2,1H3. The minimum atomic E-state index is -0.0626. The number of nitrogens with two attached hydrogens (primary N) is 1. The van der Waals surface area contributed by atoms with Gasteiger partial charge in [0.2, 0.25) is 0 Å². The third kappa shape index (κ3) is 4.23. The topological polar surface area (TPSA) is 55.6 Å². The fraction of sp³-hybridized carbons (Fsp3) is 0.188. The molecule has 110 valence electrons. The first-order valence-corrected chi connectivity index (χ1v) is 7.35. The SMILES string of the molecule is CN(CCOc1ccccc1)C(=O)c1ccc(N)c(Br)c1. The Morgan fingerprint density at radius 1 is 1.24 bits per heavy atom. The summed E-state index contributed by atoms with van der Waals surface area (Å²) < 4.78 is 6.31. The van der Waals surface area contributed by atoms with Crippen LogP contribution in [0.3, 0.4) is 0 Å². The number of hydrogen-bond acceptors (Lipinski definition) is 3. The summed E-state index contributed by atoms with van der Waals surface area (Å²) in [5.74, 6) is 0.737. The molecular formula is C16H17BrN2O2. The second-order valence-electron chi connectivity index (χ2n) is 4.62. The van der Waals surface area contributed by atoms with Crippen LogP contribution in [0.15, 0.2) is 53.0 Å². The summed E-state index contributed by atoms with van der Waals surface area (Å²) in [6.45, 7) is 0.956. The summed E-state index contributed by atoms with van der Waals surface area (Å²) in [5, 5.41) is 0. The van der Waals surface area contributed by atoms with Crippen LogP contribution in [0.4, 0.5) is 5.69 Å². The predicted octanol–water partition coefficient (Wildman–Crippen LogP) is 3.18. The first-order chi connectivity index (χ1) is 10.1. The van der Waals surface area contributed by atoms with E-state index in [9.17, 15) is 4.79 Å². The number of likely N-dealkylation sites (N-methyl/N-ethyl adjacent to an activating group) is 1. The molecule has 0 aliphatic heterocycles. The van der Waals surface area contributed by atoms with Crippen molar-refractivity contribution >= 4 is 27.5 Å². The number of benzene rings is 2. The van der Waals surface area contributed by atoms with Crippen LogP contribution in [0, 0.1) is 0 Å². The molecule has 2 aromatic carbocycles. The van der Waals surface area contributed by atoms with Crippen LogP contribution in [0.5, 0.6) is 5.75 Å². The van der Waals surface area contributed by atoms with Crippen molar-refractivity contribution in [3.8, 4) is 5.75 Å². The average molecular weight is 349 g/mol. The second kappa shape index (κ2) is 7.13. The number of carbonyl (C=O) groups is 1. The van der Waals surface area contributed by atoms with Gasteiger partial charge in [-0.25, -0.2) is 0 Å². The van der Waals surface area contributed by atoms with Gasteiger partial charge in [-0.2, -0.15) is 0 Å². The molecular weight excluding hydrogens is 332 g/mol. The minimum Gasteiger partial charge on any atom is -0.492 e. The highest BCUT2D eigenvalue weighted by Crippen LogP contribution is 2.21. The van der Waals surface area contributed by atoms with Crippen molar-refractivity contribution in [2.75, 3.05) is 25.9 Å². The van der Waals surface area contributed by atoms with Crippen molar-refractivity contribution in [1.29, 1.82) is 0 Å². The van der Waals surface area contributed by atoms with Gasteiger partial charge in [-0.1, -0.05) is 18.2 Å². The fourth-order valence-electron chi connectivity index (χ4n) is 1.80. The highest BCUT2D eigenvalue weighted by molar-refractivity contribution is 9.10. The van der Waals surface area contributed by atoms with Crippen LogP contribution >= 0.6 is 15.9 Å². The number of anilines is 1. The molecule has 0 heterocycles. The Kier molecular flexibility index (Phi) is 5.22. The number of amides is 1. The second-order valence-corrected chi connectivity index (χ2v) is 5.48. The lowest BCUT2D eigenvalue weighted by Crippen LogP contribution is -2.30. The Labute approximate surface area is 132 Å². The van der Waals surface area contributed by atoms with E-state index in [0.29, 0.717) is 24.4 Å². The van der Waals surface area contributed by atoms with Gasteiger partial charge in [-0.3, -0.25) is 4.79 Å². The molecule has 0 aliphatic rings. The Bertz CT molecular complexity index is 617. The number of para-hydroxylation sites is 1. The van der Waals surface area contributed by atoms with Crippen molar-refractivity contribution in [3.05, 3.63) is 58.6 Å². The monoisotopic (exact) mass is 348 g/mol. The van der Waals surface area contributed by atoms with Crippen molar-refractivity contribution in [3.63, 3.8) is 0 Å². The lowest BCUT2D eigenvalue weighted by Gasteiger charge is -2.18. The Morgan fingerprint density at radius 2 is 1.95 bits per heavy atom. The minimum absolute atomic E-state index is 0.0626. The number of carbonyl (C=O) groups excluding carboxylic acids is 1. The molecule has 0 bridgehead atoms. The molecule has 0 aromatic heterocycles. The quantitative estimate of drug-likeness (QED) is 0.844. The predicted molar refractivity (Wildman–Crippen MR) is 87.5 cm³/mol. The zero-order chi connectivity index (χ0) is 15.2. The molecule has 5 heteroatoms.